The van der Waals surface area contributed by atoms with Gasteiger partial charge in [0, 0.05) is 10.7 Å². The number of rotatable bonds is 5. The quantitative estimate of drug-likeness (QED) is 0.488. The second-order valence-corrected chi connectivity index (χ2v) is 7.53. The first kappa shape index (κ1) is 22.0. The molecule has 1 amide bonds. The van der Waals surface area contributed by atoms with E-state index < -0.39 is 36.6 Å². The van der Waals surface area contributed by atoms with Gasteiger partial charge in [-0.25, -0.2) is 4.79 Å². The summed E-state index contributed by atoms with van der Waals surface area (Å²) in [7, 11) is 0. The molecule has 9 heteroatoms. The van der Waals surface area contributed by atoms with Crippen molar-refractivity contribution in [3.63, 3.8) is 0 Å². The zero-order valence-electron chi connectivity index (χ0n) is 16.4. The molecular weight excluding hydrogens is 447 g/mol. The van der Waals surface area contributed by atoms with Gasteiger partial charge < -0.3 is 14.6 Å². The fourth-order valence-corrected chi connectivity index (χ4v) is 3.64. The topological polar surface area (TPSA) is 59.0 Å². The van der Waals surface area contributed by atoms with Crippen molar-refractivity contribution in [2.75, 3.05) is 11.5 Å². The average molecular weight is 464 g/mol. The van der Waals surface area contributed by atoms with Gasteiger partial charge >= 0.3 is 12.3 Å². The minimum Gasteiger partial charge on any atom is -0.457 e. The zero-order valence-corrected chi connectivity index (χ0v) is 17.2. The molecule has 3 aromatic rings. The number of amides is 1. The number of benzene rings is 3. The molecule has 1 fully saturated rings. The standard InChI is InChI=1S/C23H17ClF3NO4/c24-16-4-8-18(9-5-16)31-19-10-6-17(7-11-19)28-21(20(13-29)32-22(28)30)14-2-1-3-15(12-14)23(25,26)27/h1-12,20-21,29H,13H2/t20-,21+/m1/s1. The molecule has 1 aliphatic heterocycles. The summed E-state index contributed by atoms with van der Waals surface area (Å²) in [6.45, 7) is -0.541. The van der Waals surface area contributed by atoms with Gasteiger partial charge in [-0.1, -0.05) is 23.7 Å². The highest BCUT2D eigenvalue weighted by Crippen LogP contribution is 2.40. The fourth-order valence-electron chi connectivity index (χ4n) is 3.51. The number of alkyl halides is 3. The van der Waals surface area contributed by atoms with Crippen LogP contribution in [0.2, 0.25) is 5.02 Å². The molecule has 4 rings (SSSR count). The number of carbonyl (C=O) groups is 1. The Kier molecular flexibility index (Phi) is 5.99. The highest BCUT2D eigenvalue weighted by Gasteiger charge is 2.44. The molecule has 0 unspecified atom stereocenters. The van der Waals surface area contributed by atoms with E-state index in [0.29, 0.717) is 22.2 Å². The van der Waals surface area contributed by atoms with Crippen LogP contribution in [0.3, 0.4) is 0 Å². The maximum atomic E-state index is 13.2. The van der Waals surface area contributed by atoms with Crippen molar-refractivity contribution in [1.29, 1.82) is 0 Å². The van der Waals surface area contributed by atoms with Crippen molar-refractivity contribution in [1.82, 2.24) is 0 Å². The van der Waals surface area contributed by atoms with Gasteiger partial charge in [0.15, 0.2) is 6.10 Å². The number of cyclic esters (lactones) is 1. The molecule has 2 atom stereocenters. The predicted octanol–water partition coefficient (Wildman–Crippen LogP) is 6.21. The number of hydrogen-bond donors (Lipinski definition) is 1. The van der Waals surface area contributed by atoms with Gasteiger partial charge in [0.2, 0.25) is 0 Å². The number of nitrogens with zero attached hydrogens (tertiary/aromatic N) is 1. The smallest absolute Gasteiger partial charge is 0.416 e. The lowest BCUT2D eigenvalue weighted by molar-refractivity contribution is -0.137. The molecule has 32 heavy (non-hydrogen) atoms. The van der Waals surface area contributed by atoms with E-state index in [4.69, 9.17) is 21.1 Å². The first-order valence-corrected chi connectivity index (χ1v) is 9.95. The third-order valence-corrected chi connectivity index (χ3v) is 5.23. The molecule has 166 valence electrons. The molecule has 0 aliphatic carbocycles. The number of carbonyl (C=O) groups excluding carboxylic acids is 1. The first-order valence-electron chi connectivity index (χ1n) is 9.57. The molecule has 0 spiro atoms. The molecule has 0 radical (unpaired) electrons. The monoisotopic (exact) mass is 463 g/mol. The summed E-state index contributed by atoms with van der Waals surface area (Å²) in [5.74, 6) is 1.04. The molecule has 1 saturated heterocycles. The van der Waals surface area contributed by atoms with Crippen LogP contribution in [0, 0.1) is 0 Å². The van der Waals surface area contributed by atoms with Crippen LogP contribution in [0.15, 0.2) is 72.8 Å². The summed E-state index contributed by atoms with van der Waals surface area (Å²) < 4.78 is 50.5. The molecule has 0 aromatic heterocycles. The fraction of sp³-hybridized carbons (Fsp3) is 0.174. The van der Waals surface area contributed by atoms with Crippen molar-refractivity contribution >= 4 is 23.4 Å². The van der Waals surface area contributed by atoms with Gasteiger partial charge in [-0.3, -0.25) is 4.90 Å². The number of halogens is 4. The van der Waals surface area contributed by atoms with Crippen LogP contribution < -0.4 is 9.64 Å². The van der Waals surface area contributed by atoms with Gasteiger partial charge in [0.1, 0.15) is 17.5 Å². The summed E-state index contributed by atoms with van der Waals surface area (Å²) in [4.78, 5) is 13.8. The Balaban J connectivity index is 1.63. The van der Waals surface area contributed by atoms with E-state index in [9.17, 15) is 23.1 Å². The van der Waals surface area contributed by atoms with E-state index in [-0.39, 0.29) is 5.56 Å². The number of aliphatic hydroxyl groups excluding tert-OH is 1. The summed E-state index contributed by atoms with van der Waals surface area (Å²) in [6.07, 6.45) is -6.33. The van der Waals surface area contributed by atoms with E-state index in [1.54, 1.807) is 48.5 Å². The van der Waals surface area contributed by atoms with Crippen LogP contribution in [0.25, 0.3) is 0 Å². The van der Waals surface area contributed by atoms with Gasteiger partial charge in [-0.15, -0.1) is 0 Å². The van der Waals surface area contributed by atoms with E-state index in [2.05, 4.69) is 0 Å². The Morgan fingerprint density at radius 2 is 1.62 bits per heavy atom. The Labute approximate surface area is 186 Å². The van der Waals surface area contributed by atoms with Gasteiger partial charge in [0.05, 0.1) is 12.2 Å². The van der Waals surface area contributed by atoms with E-state index in [1.807, 2.05) is 0 Å². The number of aliphatic hydroxyl groups is 1. The van der Waals surface area contributed by atoms with Crippen LogP contribution in [-0.2, 0) is 10.9 Å². The molecule has 1 aliphatic rings. The Morgan fingerprint density at radius 1 is 1.00 bits per heavy atom. The average Bonchev–Trinajstić information content (AvgIpc) is 3.11. The van der Waals surface area contributed by atoms with E-state index >= 15 is 0 Å². The molecule has 0 bridgehead atoms. The highest BCUT2D eigenvalue weighted by molar-refractivity contribution is 6.30. The van der Waals surface area contributed by atoms with Crippen molar-refractivity contribution in [2.45, 2.75) is 18.3 Å². The SMILES string of the molecule is O=C1O[C@H](CO)[C@H](c2cccc(C(F)(F)F)c2)N1c1ccc(Oc2ccc(Cl)cc2)cc1. The Morgan fingerprint density at radius 3 is 2.22 bits per heavy atom. The summed E-state index contributed by atoms with van der Waals surface area (Å²) in [6, 6.07) is 16.9. The number of hydrogen-bond acceptors (Lipinski definition) is 4. The second kappa shape index (κ2) is 8.72. The van der Waals surface area contributed by atoms with Crippen molar-refractivity contribution in [3.05, 3.63) is 88.9 Å². The molecule has 1 N–H and O–H groups in total. The van der Waals surface area contributed by atoms with Crippen LogP contribution in [0.1, 0.15) is 17.2 Å². The molecule has 1 heterocycles. The van der Waals surface area contributed by atoms with Crippen LogP contribution >= 0.6 is 11.6 Å². The molecular formula is C23H17ClF3NO4. The third-order valence-electron chi connectivity index (χ3n) is 4.98. The van der Waals surface area contributed by atoms with Crippen molar-refractivity contribution in [2.24, 2.45) is 0 Å². The largest absolute Gasteiger partial charge is 0.457 e. The van der Waals surface area contributed by atoms with E-state index in [0.717, 1.165) is 12.1 Å². The Hall–Kier alpha value is -3.23. The zero-order chi connectivity index (χ0) is 22.9. The number of anilines is 1. The molecule has 0 saturated carbocycles. The summed E-state index contributed by atoms with van der Waals surface area (Å²) in [5, 5.41) is 10.3. The maximum absolute atomic E-state index is 13.2. The van der Waals surface area contributed by atoms with E-state index in [1.165, 1.54) is 17.0 Å². The second-order valence-electron chi connectivity index (χ2n) is 7.09. The maximum Gasteiger partial charge on any atom is 0.416 e. The van der Waals surface area contributed by atoms with Crippen molar-refractivity contribution < 1.29 is 32.5 Å². The van der Waals surface area contributed by atoms with Gasteiger partial charge in [-0.2, -0.15) is 13.2 Å². The lowest BCUT2D eigenvalue weighted by Crippen LogP contribution is -2.30. The predicted molar refractivity (Wildman–Crippen MR) is 112 cm³/mol. The highest BCUT2D eigenvalue weighted by atomic mass is 35.5. The first-order chi connectivity index (χ1) is 15.3. The lowest BCUT2D eigenvalue weighted by Gasteiger charge is -2.25. The minimum absolute atomic E-state index is 0.200. The van der Waals surface area contributed by atoms with Crippen molar-refractivity contribution in [3.8, 4) is 11.5 Å². The van der Waals surface area contributed by atoms with Crippen LogP contribution in [0.5, 0.6) is 11.5 Å². The van der Waals surface area contributed by atoms with Crippen LogP contribution in [-0.4, -0.2) is 23.9 Å². The normalized spacial score (nSPS) is 18.5. The minimum atomic E-state index is -4.54. The molecule has 5 nitrogen and oxygen atoms in total. The van der Waals surface area contributed by atoms with Crippen LogP contribution in [0.4, 0.5) is 23.7 Å². The summed E-state index contributed by atoms with van der Waals surface area (Å²) in [5.41, 5.74) is -0.263. The number of ether oxygens (including phenoxy) is 2. The Bertz CT molecular complexity index is 1100. The molecule has 3 aromatic carbocycles. The van der Waals surface area contributed by atoms with Gasteiger partial charge in [-0.05, 0) is 66.2 Å². The summed E-state index contributed by atoms with van der Waals surface area (Å²) >= 11 is 5.86. The van der Waals surface area contributed by atoms with Gasteiger partial charge in [0.25, 0.3) is 0 Å². The lowest BCUT2D eigenvalue weighted by atomic mass is 9.98. The third kappa shape index (κ3) is 4.51.